The fourth-order valence-corrected chi connectivity index (χ4v) is 3.56. The van der Waals surface area contributed by atoms with Gasteiger partial charge in [-0.25, -0.2) is 4.68 Å². The van der Waals surface area contributed by atoms with Gasteiger partial charge in [-0.3, -0.25) is 9.59 Å². The maximum Gasteiger partial charge on any atom is 0.416 e. The van der Waals surface area contributed by atoms with Crippen molar-refractivity contribution >= 4 is 11.8 Å². The van der Waals surface area contributed by atoms with Crippen molar-refractivity contribution in [3.63, 3.8) is 0 Å². The second kappa shape index (κ2) is 8.17. The Bertz CT molecular complexity index is 1080. The zero-order valence-corrected chi connectivity index (χ0v) is 16.1. The minimum Gasteiger partial charge on any atom is -0.352 e. The van der Waals surface area contributed by atoms with E-state index in [9.17, 15) is 22.8 Å². The molecule has 1 fully saturated rings. The molecule has 1 N–H and O–H groups in total. The summed E-state index contributed by atoms with van der Waals surface area (Å²) < 4.78 is 42.0. The first-order chi connectivity index (χ1) is 14.8. The number of aromatic nitrogens is 4. The number of rotatable bonds is 4. The lowest BCUT2D eigenvalue weighted by molar-refractivity contribution is -0.146. The number of halogens is 3. The highest BCUT2D eigenvalue weighted by Crippen LogP contribution is 2.37. The maximum absolute atomic E-state index is 13.5. The molecule has 0 saturated carbocycles. The zero-order valence-electron chi connectivity index (χ0n) is 16.1. The number of carbonyl (C=O) groups excluding carboxylic acids is 2. The molecule has 1 saturated heterocycles. The van der Waals surface area contributed by atoms with Crippen molar-refractivity contribution < 1.29 is 22.8 Å². The fraction of sp³-hybridized carbons (Fsp3) is 0.250. The van der Waals surface area contributed by atoms with Crippen LogP contribution >= 0.6 is 0 Å². The van der Waals surface area contributed by atoms with Crippen LogP contribution in [0.4, 0.5) is 13.2 Å². The average Bonchev–Trinajstić information content (AvgIpc) is 3.28. The Labute approximate surface area is 174 Å². The molecule has 4 rings (SSSR count). The maximum atomic E-state index is 13.5. The van der Waals surface area contributed by atoms with Crippen LogP contribution < -0.4 is 5.32 Å². The van der Waals surface area contributed by atoms with Crippen molar-refractivity contribution in [3.05, 3.63) is 71.5 Å². The lowest BCUT2D eigenvalue weighted by Gasteiger charge is -2.36. The highest BCUT2D eigenvalue weighted by molar-refractivity contribution is 5.90. The molecule has 2 aromatic carbocycles. The first-order valence-electron chi connectivity index (χ1n) is 9.40. The number of alkyl halides is 3. The molecule has 1 unspecified atom stereocenters. The third-order valence-corrected chi connectivity index (χ3v) is 5.00. The van der Waals surface area contributed by atoms with E-state index >= 15 is 0 Å². The molecule has 1 atom stereocenters. The quantitative estimate of drug-likeness (QED) is 0.683. The molecule has 160 valence electrons. The molecule has 0 radical (unpaired) electrons. The summed E-state index contributed by atoms with van der Waals surface area (Å²) in [6.07, 6.45) is -3.28. The van der Waals surface area contributed by atoms with Gasteiger partial charge in [0, 0.05) is 13.1 Å². The molecule has 2 amide bonds. The number of nitrogens with zero attached hydrogens (tertiary/aromatic N) is 5. The first kappa shape index (κ1) is 20.5. The molecule has 0 aliphatic carbocycles. The van der Waals surface area contributed by atoms with Crippen molar-refractivity contribution in [2.75, 3.05) is 13.1 Å². The molecule has 1 aliphatic heterocycles. The van der Waals surface area contributed by atoms with Gasteiger partial charge in [-0.2, -0.15) is 13.2 Å². The van der Waals surface area contributed by atoms with Crippen LogP contribution in [0.25, 0.3) is 5.69 Å². The molecule has 1 aliphatic rings. The second-order valence-corrected chi connectivity index (χ2v) is 6.96. The summed E-state index contributed by atoms with van der Waals surface area (Å²) in [5.74, 6) is -1.07. The summed E-state index contributed by atoms with van der Waals surface area (Å²) in [6, 6.07) is 10.3. The van der Waals surface area contributed by atoms with Gasteiger partial charge >= 0.3 is 6.18 Å². The van der Waals surface area contributed by atoms with Crippen molar-refractivity contribution in [1.82, 2.24) is 30.4 Å². The number of hydrogen-bond donors (Lipinski definition) is 1. The van der Waals surface area contributed by atoms with E-state index in [4.69, 9.17) is 0 Å². The largest absolute Gasteiger partial charge is 0.416 e. The van der Waals surface area contributed by atoms with Crippen LogP contribution in [-0.2, 0) is 22.2 Å². The van der Waals surface area contributed by atoms with Crippen LogP contribution in [0, 0.1) is 0 Å². The number of piperazine rings is 1. The summed E-state index contributed by atoms with van der Waals surface area (Å²) in [5.41, 5.74) is 0.168. The predicted molar refractivity (Wildman–Crippen MR) is 102 cm³/mol. The Morgan fingerprint density at radius 1 is 1.13 bits per heavy atom. The fourth-order valence-electron chi connectivity index (χ4n) is 3.56. The highest BCUT2D eigenvalue weighted by atomic mass is 19.4. The predicted octanol–water partition coefficient (Wildman–Crippen LogP) is 1.92. The van der Waals surface area contributed by atoms with Crippen molar-refractivity contribution in [3.8, 4) is 5.69 Å². The smallest absolute Gasteiger partial charge is 0.352 e. The zero-order chi connectivity index (χ0) is 22.0. The lowest BCUT2D eigenvalue weighted by Crippen LogP contribution is -2.53. The third-order valence-electron chi connectivity index (χ3n) is 5.00. The summed E-state index contributed by atoms with van der Waals surface area (Å²) >= 11 is 0. The molecule has 3 aromatic rings. The van der Waals surface area contributed by atoms with Gasteiger partial charge in [0.05, 0.1) is 17.7 Å². The van der Waals surface area contributed by atoms with Crippen LogP contribution in [-0.4, -0.2) is 50.0 Å². The number of benzene rings is 2. The second-order valence-electron chi connectivity index (χ2n) is 6.96. The third kappa shape index (κ3) is 4.25. The Kier molecular flexibility index (Phi) is 5.40. The van der Waals surface area contributed by atoms with Crippen molar-refractivity contribution in [1.29, 1.82) is 0 Å². The van der Waals surface area contributed by atoms with E-state index in [1.807, 2.05) is 0 Å². The van der Waals surface area contributed by atoms with Crippen molar-refractivity contribution in [2.45, 2.75) is 18.6 Å². The minimum absolute atomic E-state index is 0.0617. The standard InChI is InChI=1S/C20H17F3N6O2/c21-20(22,23)16-4-2-1-3-15(16)18-19(31)24-9-10-28(18)17(30)11-13-5-7-14(8-6-13)29-12-25-26-27-29/h1-8,12,18H,9-11H2,(H,24,31). The topological polar surface area (TPSA) is 93.0 Å². The molecule has 0 spiro atoms. The summed E-state index contributed by atoms with van der Waals surface area (Å²) in [5, 5.41) is 13.4. The summed E-state index contributed by atoms with van der Waals surface area (Å²) in [4.78, 5) is 26.7. The Morgan fingerprint density at radius 3 is 2.55 bits per heavy atom. The van der Waals surface area contributed by atoms with E-state index in [0.29, 0.717) is 11.3 Å². The molecule has 0 bridgehead atoms. The first-order valence-corrected chi connectivity index (χ1v) is 9.40. The molecule has 1 aromatic heterocycles. The van der Waals surface area contributed by atoms with Gasteiger partial charge in [0.1, 0.15) is 12.4 Å². The van der Waals surface area contributed by atoms with Gasteiger partial charge in [-0.1, -0.05) is 30.3 Å². The van der Waals surface area contributed by atoms with E-state index in [-0.39, 0.29) is 25.1 Å². The monoisotopic (exact) mass is 430 g/mol. The minimum atomic E-state index is -4.64. The van der Waals surface area contributed by atoms with Gasteiger partial charge in [0.15, 0.2) is 0 Å². The summed E-state index contributed by atoms with van der Waals surface area (Å²) in [6.45, 7) is 0.289. The lowest BCUT2D eigenvalue weighted by atomic mass is 9.96. The van der Waals surface area contributed by atoms with Gasteiger partial charge in [-0.05, 0) is 39.8 Å². The van der Waals surface area contributed by atoms with E-state index in [1.54, 1.807) is 24.3 Å². The number of amides is 2. The number of carbonyl (C=O) groups is 2. The Balaban J connectivity index is 1.59. The van der Waals surface area contributed by atoms with Gasteiger partial charge in [0.2, 0.25) is 11.8 Å². The normalized spacial score (nSPS) is 16.8. The SMILES string of the molecule is O=C1NCCN(C(=O)Cc2ccc(-n3cnnn3)cc2)C1c1ccccc1C(F)(F)F. The van der Waals surface area contributed by atoms with Crippen LogP contribution in [0.15, 0.2) is 54.9 Å². The molecule has 31 heavy (non-hydrogen) atoms. The Hall–Kier alpha value is -3.76. The van der Waals surface area contributed by atoms with E-state index in [1.165, 1.54) is 34.1 Å². The van der Waals surface area contributed by atoms with Crippen LogP contribution in [0.3, 0.4) is 0 Å². The summed E-state index contributed by atoms with van der Waals surface area (Å²) in [7, 11) is 0. The molecule has 11 heteroatoms. The molecule has 2 heterocycles. The highest BCUT2D eigenvalue weighted by Gasteiger charge is 2.41. The van der Waals surface area contributed by atoms with E-state index in [0.717, 1.165) is 6.07 Å². The van der Waals surface area contributed by atoms with Gasteiger partial charge < -0.3 is 10.2 Å². The van der Waals surface area contributed by atoms with Crippen LogP contribution in [0.2, 0.25) is 0 Å². The Morgan fingerprint density at radius 2 is 1.87 bits per heavy atom. The molecular formula is C20H17F3N6O2. The molecule has 8 nitrogen and oxygen atoms in total. The number of nitrogens with one attached hydrogen (secondary N) is 1. The van der Waals surface area contributed by atoms with E-state index < -0.39 is 29.6 Å². The van der Waals surface area contributed by atoms with Crippen LogP contribution in [0.5, 0.6) is 0 Å². The van der Waals surface area contributed by atoms with Crippen LogP contribution in [0.1, 0.15) is 22.7 Å². The number of hydrogen-bond acceptors (Lipinski definition) is 5. The van der Waals surface area contributed by atoms with Gasteiger partial charge in [-0.15, -0.1) is 5.10 Å². The average molecular weight is 430 g/mol. The van der Waals surface area contributed by atoms with E-state index in [2.05, 4.69) is 20.8 Å². The number of tetrazole rings is 1. The van der Waals surface area contributed by atoms with Gasteiger partial charge in [0.25, 0.3) is 0 Å². The van der Waals surface area contributed by atoms with Crippen molar-refractivity contribution in [2.24, 2.45) is 0 Å². The molecular weight excluding hydrogens is 413 g/mol.